The Kier molecular flexibility index (Phi) is 4.56. The number of nitrogens with zero attached hydrogens (tertiary/aromatic N) is 2. The maximum absolute atomic E-state index is 5.40. The lowest BCUT2D eigenvalue weighted by molar-refractivity contribution is 0.320. The topological polar surface area (TPSA) is 51.0 Å². The molecule has 1 fully saturated rings. The van der Waals surface area contributed by atoms with Crippen molar-refractivity contribution in [3.63, 3.8) is 0 Å². The summed E-state index contributed by atoms with van der Waals surface area (Å²) in [5.74, 6) is 1.90. The minimum Gasteiger partial charge on any atom is -0.339 e. The largest absolute Gasteiger partial charge is 0.339 e. The third-order valence-corrected chi connectivity index (χ3v) is 3.44. The summed E-state index contributed by atoms with van der Waals surface area (Å²) in [7, 11) is 0. The van der Waals surface area contributed by atoms with Gasteiger partial charge in [0.2, 0.25) is 11.7 Å². The van der Waals surface area contributed by atoms with Crippen molar-refractivity contribution in [1.82, 2.24) is 15.5 Å². The fourth-order valence-corrected chi connectivity index (χ4v) is 2.29. The van der Waals surface area contributed by atoms with Crippen molar-refractivity contribution < 1.29 is 4.52 Å². The zero-order valence-corrected chi connectivity index (χ0v) is 11.7. The van der Waals surface area contributed by atoms with Crippen LogP contribution in [0.15, 0.2) is 28.8 Å². The van der Waals surface area contributed by atoms with Crippen molar-refractivity contribution >= 4 is 12.4 Å². The number of nitrogens with one attached hydrogen (secondary N) is 1. The highest BCUT2D eigenvalue weighted by atomic mass is 35.5. The van der Waals surface area contributed by atoms with Gasteiger partial charge in [-0.3, -0.25) is 0 Å². The zero-order chi connectivity index (χ0) is 12.4. The minimum atomic E-state index is 0. The Balaban J connectivity index is 0.00000133. The van der Waals surface area contributed by atoms with Crippen LogP contribution in [0.4, 0.5) is 0 Å². The molecule has 0 atom stereocenters. The third kappa shape index (κ3) is 3.14. The number of rotatable bonds is 2. The number of piperidine rings is 1. The first-order chi connectivity index (χ1) is 8.83. The van der Waals surface area contributed by atoms with Gasteiger partial charge >= 0.3 is 0 Å². The van der Waals surface area contributed by atoms with Crippen molar-refractivity contribution in [2.45, 2.75) is 25.7 Å². The average molecular weight is 280 g/mol. The number of aromatic nitrogens is 2. The van der Waals surface area contributed by atoms with Crippen LogP contribution in [0.3, 0.4) is 0 Å². The molecule has 0 unspecified atom stereocenters. The third-order valence-electron chi connectivity index (χ3n) is 3.44. The van der Waals surface area contributed by atoms with E-state index in [9.17, 15) is 0 Å². The standard InChI is InChI=1S/C14H17N3O.ClH/c1-10-2-4-11(5-3-10)13-16-14(18-17-13)12-6-8-15-9-7-12;/h2-5,12,15H,6-9H2,1H3;1H. The fourth-order valence-electron chi connectivity index (χ4n) is 2.29. The predicted octanol–water partition coefficient (Wildman–Crippen LogP) is 2.93. The molecule has 3 rings (SSSR count). The van der Waals surface area contributed by atoms with E-state index in [1.54, 1.807) is 0 Å². The van der Waals surface area contributed by atoms with Crippen molar-refractivity contribution in [2.24, 2.45) is 0 Å². The van der Waals surface area contributed by atoms with Crippen LogP contribution in [0.25, 0.3) is 11.4 Å². The Morgan fingerprint density at radius 2 is 1.84 bits per heavy atom. The zero-order valence-electron chi connectivity index (χ0n) is 10.9. The van der Waals surface area contributed by atoms with E-state index in [0.717, 1.165) is 37.4 Å². The molecule has 1 aliphatic rings. The van der Waals surface area contributed by atoms with Gasteiger partial charge < -0.3 is 9.84 Å². The second kappa shape index (κ2) is 6.17. The summed E-state index contributed by atoms with van der Waals surface area (Å²) in [6, 6.07) is 8.20. The number of benzene rings is 1. The highest BCUT2D eigenvalue weighted by Gasteiger charge is 2.21. The molecule has 19 heavy (non-hydrogen) atoms. The van der Waals surface area contributed by atoms with Crippen LogP contribution < -0.4 is 5.32 Å². The molecule has 1 aromatic heterocycles. The van der Waals surface area contributed by atoms with Gasteiger partial charge in [-0.1, -0.05) is 35.0 Å². The van der Waals surface area contributed by atoms with Gasteiger partial charge in [-0.05, 0) is 32.9 Å². The molecule has 1 aliphatic heterocycles. The first-order valence-corrected chi connectivity index (χ1v) is 6.44. The maximum Gasteiger partial charge on any atom is 0.230 e. The van der Waals surface area contributed by atoms with Gasteiger partial charge in [0, 0.05) is 11.5 Å². The van der Waals surface area contributed by atoms with Crippen molar-refractivity contribution in [1.29, 1.82) is 0 Å². The molecule has 0 saturated carbocycles. The number of halogens is 1. The predicted molar refractivity (Wildman–Crippen MR) is 76.6 cm³/mol. The summed E-state index contributed by atoms with van der Waals surface area (Å²) in [5, 5.41) is 7.42. The first-order valence-electron chi connectivity index (χ1n) is 6.44. The molecule has 0 radical (unpaired) electrons. The van der Waals surface area contributed by atoms with Gasteiger partial charge in [0.15, 0.2) is 0 Å². The lowest BCUT2D eigenvalue weighted by atomic mass is 9.98. The molecule has 2 aromatic rings. The van der Waals surface area contributed by atoms with Crippen molar-refractivity contribution in [2.75, 3.05) is 13.1 Å². The van der Waals surface area contributed by atoms with E-state index >= 15 is 0 Å². The second-order valence-electron chi connectivity index (χ2n) is 4.85. The molecule has 4 nitrogen and oxygen atoms in total. The molecule has 1 aromatic carbocycles. The van der Waals surface area contributed by atoms with Crippen LogP contribution in [0, 0.1) is 6.92 Å². The Morgan fingerprint density at radius 3 is 2.53 bits per heavy atom. The summed E-state index contributed by atoms with van der Waals surface area (Å²) in [6.07, 6.45) is 2.16. The number of hydrogen-bond donors (Lipinski definition) is 1. The van der Waals surface area contributed by atoms with Crippen LogP contribution >= 0.6 is 12.4 Å². The molecular weight excluding hydrogens is 262 g/mol. The van der Waals surface area contributed by atoms with Gasteiger partial charge in [-0.25, -0.2) is 0 Å². The van der Waals surface area contributed by atoms with E-state index < -0.39 is 0 Å². The molecular formula is C14H18ClN3O. The van der Waals surface area contributed by atoms with Crippen LogP contribution in [0.1, 0.15) is 30.2 Å². The Labute approximate surface area is 119 Å². The van der Waals surface area contributed by atoms with Gasteiger partial charge in [-0.2, -0.15) is 4.98 Å². The number of aryl methyl sites for hydroxylation is 1. The lowest BCUT2D eigenvalue weighted by Crippen LogP contribution is -2.26. The fraction of sp³-hybridized carbons (Fsp3) is 0.429. The minimum absolute atomic E-state index is 0. The quantitative estimate of drug-likeness (QED) is 0.918. The normalized spacial score (nSPS) is 16.1. The summed E-state index contributed by atoms with van der Waals surface area (Å²) in [5.41, 5.74) is 2.25. The van der Waals surface area contributed by atoms with Crippen molar-refractivity contribution in [3.8, 4) is 11.4 Å². The van der Waals surface area contributed by atoms with Gasteiger partial charge in [-0.15, -0.1) is 12.4 Å². The summed E-state index contributed by atoms with van der Waals surface area (Å²) < 4.78 is 5.40. The molecule has 1 saturated heterocycles. The molecule has 0 bridgehead atoms. The molecule has 0 amide bonds. The molecule has 102 valence electrons. The Bertz CT molecular complexity index is 518. The highest BCUT2D eigenvalue weighted by molar-refractivity contribution is 5.85. The molecule has 0 spiro atoms. The highest BCUT2D eigenvalue weighted by Crippen LogP contribution is 2.25. The maximum atomic E-state index is 5.40. The molecule has 2 heterocycles. The van der Waals surface area contributed by atoms with E-state index in [1.165, 1.54) is 5.56 Å². The van der Waals surface area contributed by atoms with Crippen LogP contribution in [0.2, 0.25) is 0 Å². The lowest BCUT2D eigenvalue weighted by Gasteiger charge is -2.18. The summed E-state index contributed by atoms with van der Waals surface area (Å²) in [4.78, 5) is 4.53. The van der Waals surface area contributed by atoms with Crippen LogP contribution in [0.5, 0.6) is 0 Å². The summed E-state index contributed by atoms with van der Waals surface area (Å²) in [6.45, 7) is 4.14. The SMILES string of the molecule is Cc1ccc(-c2noc(C3CCNCC3)n2)cc1.Cl. The number of hydrogen-bond acceptors (Lipinski definition) is 4. The van der Waals surface area contributed by atoms with E-state index in [4.69, 9.17) is 4.52 Å². The molecule has 0 aliphatic carbocycles. The Morgan fingerprint density at radius 1 is 1.16 bits per heavy atom. The van der Waals surface area contributed by atoms with E-state index in [1.807, 2.05) is 12.1 Å². The van der Waals surface area contributed by atoms with E-state index in [0.29, 0.717) is 11.7 Å². The first kappa shape index (κ1) is 14.0. The van der Waals surface area contributed by atoms with Gasteiger partial charge in [0.25, 0.3) is 0 Å². The van der Waals surface area contributed by atoms with Crippen LogP contribution in [-0.2, 0) is 0 Å². The van der Waals surface area contributed by atoms with Crippen molar-refractivity contribution in [3.05, 3.63) is 35.7 Å². The van der Waals surface area contributed by atoms with Crippen LogP contribution in [-0.4, -0.2) is 23.2 Å². The second-order valence-corrected chi connectivity index (χ2v) is 4.85. The van der Waals surface area contributed by atoms with Gasteiger partial charge in [0.05, 0.1) is 0 Å². The monoisotopic (exact) mass is 279 g/mol. The molecule has 5 heteroatoms. The van der Waals surface area contributed by atoms with E-state index in [2.05, 4.69) is 34.5 Å². The average Bonchev–Trinajstić information content (AvgIpc) is 2.90. The van der Waals surface area contributed by atoms with E-state index in [-0.39, 0.29) is 12.4 Å². The van der Waals surface area contributed by atoms with Gasteiger partial charge in [0.1, 0.15) is 0 Å². The molecule has 1 N–H and O–H groups in total. The Hall–Kier alpha value is -1.39. The smallest absolute Gasteiger partial charge is 0.230 e. The summed E-state index contributed by atoms with van der Waals surface area (Å²) >= 11 is 0.